The third kappa shape index (κ3) is 5.80. The average molecular weight is 525 g/mol. The van der Waals surface area contributed by atoms with E-state index in [-0.39, 0.29) is 12.2 Å². The van der Waals surface area contributed by atoms with Gasteiger partial charge in [0, 0.05) is 31.4 Å². The van der Waals surface area contributed by atoms with Crippen LogP contribution in [0.4, 0.5) is 27.2 Å². The summed E-state index contributed by atoms with van der Waals surface area (Å²) in [5.74, 6) is 1.58. The van der Waals surface area contributed by atoms with Crippen LogP contribution in [0.25, 0.3) is 10.2 Å². The number of hydrogen-bond acceptors (Lipinski definition) is 10. The molecule has 3 aliphatic rings. The van der Waals surface area contributed by atoms with Crippen molar-refractivity contribution in [1.29, 1.82) is 0 Å². The fraction of sp³-hybridized carbons (Fsp3) is 0.500. The molecule has 0 spiro atoms. The summed E-state index contributed by atoms with van der Waals surface area (Å²) in [6, 6.07) is 10.3. The van der Waals surface area contributed by atoms with E-state index >= 15 is 0 Å². The SMILES string of the molecule is O=C1OCCN1c1ccc2nc(Nc3cc(CN4CCOCC4)cc(NC4CCC(O)CC4)n3)sc2c1. The highest BCUT2D eigenvalue weighted by Gasteiger charge is 2.24. The molecule has 1 amide bonds. The molecule has 196 valence electrons. The molecule has 0 bridgehead atoms. The predicted molar refractivity (Wildman–Crippen MR) is 144 cm³/mol. The standard InChI is InChI=1S/C26H32N6O4S/c33-20-4-1-18(2-5-20)27-23-13-17(16-31-7-10-35-11-8-31)14-24(29-23)30-25-28-21-6-3-19(15-22(21)37-25)32-9-12-36-26(32)34/h3,6,13-15,18,20,33H,1-2,4-5,7-12,16H2,(H2,27,28,29,30). The van der Waals surface area contributed by atoms with Crippen LogP contribution in [0.2, 0.25) is 0 Å². The van der Waals surface area contributed by atoms with E-state index in [0.717, 1.165) is 91.2 Å². The topological polar surface area (TPSA) is 112 Å². The highest BCUT2D eigenvalue weighted by Crippen LogP contribution is 2.33. The number of amides is 1. The van der Waals surface area contributed by atoms with Crippen LogP contribution in [0, 0.1) is 0 Å². The molecular weight excluding hydrogens is 492 g/mol. The number of nitrogens with one attached hydrogen (secondary N) is 2. The van der Waals surface area contributed by atoms with Crippen molar-refractivity contribution in [2.45, 2.75) is 44.4 Å². The number of aliphatic hydroxyl groups is 1. The lowest BCUT2D eigenvalue weighted by molar-refractivity contribution is 0.0342. The zero-order chi connectivity index (χ0) is 25.2. The van der Waals surface area contributed by atoms with Gasteiger partial charge < -0.3 is 25.2 Å². The molecule has 1 aliphatic carbocycles. The van der Waals surface area contributed by atoms with Crippen LogP contribution >= 0.6 is 11.3 Å². The Hall–Kier alpha value is -2.99. The number of pyridine rings is 1. The number of carbonyl (C=O) groups excluding carboxylic acids is 1. The van der Waals surface area contributed by atoms with Gasteiger partial charge in [0.2, 0.25) is 0 Å². The number of hydrogen-bond donors (Lipinski definition) is 3. The van der Waals surface area contributed by atoms with Crippen molar-refractivity contribution in [2.24, 2.45) is 0 Å². The van der Waals surface area contributed by atoms with Crippen LogP contribution in [0.3, 0.4) is 0 Å². The maximum Gasteiger partial charge on any atom is 0.414 e. The Balaban J connectivity index is 1.23. The largest absolute Gasteiger partial charge is 0.447 e. The molecule has 0 atom stereocenters. The molecule has 3 aromatic rings. The Morgan fingerprint density at radius 2 is 1.81 bits per heavy atom. The average Bonchev–Trinajstić information content (AvgIpc) is 3.50. The Bertz CT molecular complexity index is 1260. The second-order valence-electron chi connectivity index (χ2n) is 9.85. The second kappa shape index (κ2) is 10.8. The van der Waals surface area contributed by atoms with E-state index in [1.54, 1.807) is 4.90 Å². The van der Waals surface area contributed by atoms with Crippen LogP contribution < -0.4 is 15.5 Å². The first-order valence-electron chi connectivity index (χ1n) is 13.0. The fourth-order valence-electron chi connectivity index (χ4n) is 5.14. The van der Waals surface area contributed by atoms with E-state index in [1.807, 2.05) is 18.2 Å². The van der Waals surface area contributed by atoms with Crippen molar-refractivity contribution >= 4 is 50.1 Å². The van der Waals surface area contributed by atoms with Crippen molar-refractivity contribution in [2.75, 3.05) is 55.0 Å². The molecule has 37 heavy (non-hydrogen) atoms. The molecule has 4 heterocycles. The van der Waals surface area contributed by atoms with Crippen molar-refractivity contribution in [1.82, 2.24) is 14.9 Å². The van der Waals surface area contributed by atoms with Gasteiger partial charge in [-0.25, -0.2) is 14.8 Å². The lowest BCUT2D eigenvalue weighted by atomic mass is 9.93. The Morgan fingerprint density at radius 3 is 2.59 bits per heavy atom. The minimum Gasteiger partial charge on any atom is -0.447 e. The number of aromatic nitrogens is 2. The van der Waals surface area contributed by atoms with Crippen LogP contribution in [-0.2, 0) is 16.0 Å². The smallest absolute Gasteiger partial charge is 0.414 e. The van der Waals surface area contributed by atoms with Gasteiger partial charge >= 0.3 is 6.09 Å². The predicted octanol–water partition coefficient (Wildman–Crippen LogP) is 3.94. The third-order valence-electron chi connectivity index (χ3n) is 7.12. The summed E-state index contributed by atoms with van der Waals surface area (Å²) in [4.78, 5) is 25.6. The highest BCUT2D eigenvalue weighted by molar-refractivity contribution is 7.22. The molecule has 0 unspecified atom stereocenters. The van der Waals surface area contributed by atoms with Crippen molar-refractivity contribution in [3.05, 3.63) is 35.9 Å². The van der Waals surface area contributed by atoms with E-state index in [4.69, 9.17) is 19.4 Å². The quantitative estimate of drug-likeness (QED) is 0.423. The number of cyclic esters (lactones) is 1. The summed E-state index contributed by atoms with van der Waals surface area (Å²) in [6.45, 7) is 5.15. The number of carbonyl (C=O) groups is 1. The van der Waals surface area contributed by atoms with Gasteiger partial charge in [0.25, 0.3) is 0 Å². The van der Waals surface area contributed by atoms with E-state index in [9.17, 15) is 9.90 Å². The highest BCUT2D eigenvalue weighted by atomic mass is 32.1. The summed E-state index contributed by atoms with van der Waals surface area (Å²) in [5.41, 5.74) is 2.86. The van der Waals surface area contributed by atoms with Gasteiger partial charge in [-0.15, -0.1) is 0 Å². The van der Waals surface area contributed by atoms with E-state index in [0.29, 0.717) is 19.2 Å². The van der Waals surface area contributed by atoms with E-state index in [2.05, 4.69) is 27.7 Å². The van der Waals surface area contributed by atoms with Crippen LogP contribution in [-0.4, -0.2) is 77.7 Å². The summed E-state index contributed by atoms with van der Waals surface area (Å²) < 4.78 is 11.6. The maximum atomic E-state index is 12.0. The molecule has 3 fully saturated rings. The van der Waals surface area contributed by atoms with Crippen LogP contribution in [0.1, 0.15) is 31.2 Å². The molecular formula is C26H32N6O4S. The Morgan fingerprint density at radius 1 is 1.00 bits per heavy atom. The normalized spacial score (nSPS) is 22.8. The zero-order valence-electron chi connectivity index (χ0n) is 20.7. The number of fused-ring (bicyclic) bond motifs is 1. The zero-order valence-corrected chi connectivity index (χ0v) is 21.5. The monoisotopic (exact) mass is 524 g/mol. The molecule has 2 saturated heterocycles. The molecule has 10 nitrogen and oxygen atoms in total. The lowest BCUT2D eigenvalue weighted by Gasteiger charge is -2.28. The summed E-state index contributed by atoms with van der Waals surface area (Å²) in [6.07, 6.45) is 3.01. The van der Waals surface area contributed by atoms with Gasteiger partial charge in [-0.1, -0.05) is 11.3 Å². The van der Waals surface area contributed by atoms with E-state index < -0.39 is 0 Å². The lowest BCUT2D eigenvalue weighted by Crippen LogP contribution is -2.35. The molecule has 3 N–H and O–H groups in total. The first-order chi connectivity index (χ1) is 18.1. The molecule has 2 aromatic heterocycles. The van der Waals surface area contributed by atoms with Crippen LogP contribution in [0.5, 0.6) is 0 Å². The number of benzene rings is 1. The van der Waals surface area contributed by atoms with Crippen LogP contribution in [0.15, 0.2) is 30.3 Å². The number of nitrogens with zero attached hydrogens (tertiary/aromatic N) is 4. The molecule has 11 heteroatoms. The molecule has 2 aliphatic heterocycles. The minimum absolute atomic E-state index is 0.188. The van der Waals surface area contributed by atoms with Crippen molar-refractivity contribution in [3.63, 3.8) is 0 Å². The van der Waals surface area contributed by atoms with Gasteiger partial charge in [-0.2, -0.15) is 0 Å². The number of ether oxygens (including phenoxy) is 2. The molecule has 1 aromatic carbocycles. The number of rotatable bonds is 7. The number of thiazole rings is 1. The summed E-state index contributed by atoms with van der Waals surface area (Å²) in [7, 11) is 0. The van der Waals surface area contributed by atoms with Gasteiger partial charge in [0.05, 0.1) is 36.1 Å². The van der Waals surface area contributed by atoms with Gasteiger partial charge in [0.1, 0.15) is 18.2 Å². The fourth-order valence-corrected chi connectivity index (χ4v) is 6.04. The molecule has 0 radical (unpaired) electrons. The number of aliphatic hydroxyl groups excluding tert-OH is 1. The van der Waals surface area contributed by atoms with E-state index in [1.165, 1.54) is 16.9 Å². The van der Waals surface area contributed by atoms with Crippen molar-refractivity contribution < 1.29 is 19.4 Å². The van der Waals surface area contributed by atoms with Gasteiger partial charge in [-0.3, -0.25) is 9.80 Å². The maximum absolute atomic E-state index is 12.0. The Kier molecular flexibility index (Phi) is 7.10. The van der Waals surface area contributed by atoms with Gasteiger partial charge in [-0.05, 0) is 61.6 Å². The summed E-state index contributed by atoms with van der Waals surface area (Å²) >= 11 is 1.53. The first-order valence-corrected chi connectivity index (χ1v) is 13.8. The summed E-state index contributed by atoms with van der Waals surface area (Å²) in [5, 5.41) is 17.7. The minimum atomic E-state index is -0.309. The molecule has 1 saturated carbocycles. The van der Waals surface area contributed by atoms with Crippen molar-refractivity contribution in [3.8, 4) is 0 Å². The molecule has 6 rings (SSSR count). The first kappa shape index (κ1) is 24.4. The third-order valence-corrected chi connectivity index (χ3v) is 8.06. The Labute approximate surface area is 219 Å². The van der Waals surface area contributed by atoms with Gasteiger partial charge in [0.15, 0.2) is 5.13 Å². The number of morpholine rings is 1. The number of anilines is 4. The second-order valence-corrected chi connectivity index (χ2v) is 10.9.